The average Bonchev–Trinajstić information content (AvgIpc) is 3.42. The maximum absolute atomic E-state index is 13.7. The lowest BCUT2D eigenvalue weighted by Gasteiger charge is -2.27. The number of aromatic nitrogens is 2. The number of amides is 1. The van der Waals surface area contributed by atoms with Crippen molar-refractivity contribution in [2.75, 3.05) is 13.7 Å². The van der Waals surface area contributed by atoms with Crippen LogP contribution in [-0.2, 0) is 6.54 Å². The number of methoxy groups -OCH3 is 1. The van der Waals surface area contributed by atoms with Crippen LogP contribution in [0.4, 0.5) is 0 Å². The molecule has 4 aromatic rings. The Balaban J connectivity index is 1.67. The molecule has 0 aliphatic carbocycles. The largest absolute Gasteiger partial charge is 0.507 e. The van der Waals surface area contributed by atoms with Crippen molar-refractivity contribution in [3.63, 3.8) is 0 Å². The van der Waals surface area contributed by atoms with Crippen LogP contribution in [0.2, 0.25) is 0 Å². The Labute approximate surface area is 215 Å². The zero-order valence-electron chi connectivity index (χ0n) is 21.2. The lowest BCUT2D eigenvalue weighted by atomic mass is 9.93. The molecule has 1 atom stereocenters. The molecule has 8 heteroatoms. The highest BCUT2D eigenvalue weighted by Gasteiger charge is 2.43. The molecule has 8 nitrogen and oxygen atoms in total. The number of nitrogens with zero attached hydrogens (tertiary/aromatic N) is 2. The van der Waals surface area contributed by atoms with Gasteiger partial charge in [-0.3, -0.25) is 9.89 Å². The van der Waals surface area contributed by atoms with Gasteiger partial charge in [0.2, 0.25) is 0 Å². The van der Waals surface area contributed by atoms with Crippen LogP contribution >= 0.6 is 0 Å². The molecule has 1 aromatic heterocycles. The van der Waals surface area contributed by atoms with Gasteiger partial charge in [-0.25, -0.2) is 0 Å². The summed E-state index contributed by atoms with van der Waals surface area (Å²) < 4.78 is 10.9. The minimum atomic E-state index is -0.529. The van der Waals surface area contributed by atoms with Crippen LogP contribution in [0.15, 0.2) is 54.6 Å². The zero-order chi connectivity index (χ0) is 26.3. The summed E-state index contributed by atoms with van der Waals surface area (Å²) >= 11 is 0. The molecule has 0 saturated carbocycles. The summed E-state index contributed by atoms with van der Waals surface area (Å²) in [5, 5.41) is 28.7. The van der Waals surface area contributed by atoms with Gasteiger partial charge in [-0.05, 0) is 73.4 Å². The molecule has 0 fully saturated rings. The summed E-state index contributed by atoms with van der Waals surface area (Å²) in [6.45, 7) is 6.35. The van der Waals surface area contributed by atoms with E-state index in [1.165, 1.54) is 0 Å². The van der Waals surface area contributed by atoms with E-state index >= 15 is 0 Å². The van der Waals surface area contributed by atoms with Gasteiger partial charge < -0.3 is 24.6 Å². The fourth-order valence-corrected chi connectivity index (χ4v) is 4.95. The monoisotopic (exact) mass is 499 g/mol. The van der Waals surface area contributed by atoms with Gasteiger partial charge in [0.15, 0.2) is 11.5 Å². The third kappa shape index (κ3) is 4.24. The van der Waals surface area contributed by atoms with Gasteiger partial charge in [0.1, 0.15) is 22.9 Å². The first-order valence-corrected chi connectivity index (χ1v) is 12.1. The van der Waals surface area contributed by atoms with Crippen LogP contribution in [0, 0.1) is 13.8 Å². The quantitative estimate of drug-likeness (QED) is 0.320. The number of rotatable bonds is 7. The average molecular weight is 500 g/mol. The van der Waals surface area contributed by atoms with E-state index in [-0.39, 0.29) is 17.4 Å². The summed E-state index contributed by atoms with van der Waals surface area (Å²) in [6, 6.07) is 15.9. The highest BCUT2D eigenvalue weighted by molar-refractivity contribution is 6.00. The number of hydrogen-bond donors (Lipinski definition) is 3. The van der Waals surface area contributed by atoms with E-state index in [0.29, 0.717) is 41.4 Å². The second-order valence-electron chi connectivity index (χ2n) is 9.18. The Morgan fingerprint density at radius 2 is 1.81 bits per heavy atom. The second kappa shape index (κ2) is 9.54. The maximum atomic E-state index is 13.7. The van der Waals surface area contributed by atoms with Crippen LogP contribution in [0.25, 0.3) is 11.3 Å². The Bertz CT molecular complexity index is 1480. The molecule has 1 aliphatic rings. The van der Waals surface area contributed by atoms with Gasteiger partial charge >= 0.3 is 0 Å². The van der Waals surface area contributed by atoms with E-state index in [1.807, 2.05) is 57.2 Å². The lowest BCUT2D eigenvalue weighted by molar-refractivity contribution is 0.0730. The summed E-state index contributed by atoms with van der Waals surface area (Å²) in [4.78, 5) is 15.5. The van der Waals surface area contributed by atoms with E-state index in [1.54, 1.807) is 30.2 Å². The first kappa shape index (κ1) is 24.2. The number of H-pyrrole nitrogens is 1. The number of aromatic amines is 1. The predicted octanol–water partition coefficient (Wildman–Crippen LogP) is 5.26. The molecule has 3 aromatic carbocycles. The summed E-state index contributed by atoms with van der Waals surface area (Å²) in [7, 11) is 1.61. The number of fused-ring (bicyclic) bond motifs is 1. The van der Waals surface area contributed by atoms with Crippen molar-refractivity contribution in [3.8, 4) is 34.3 Å². The number of carbonyl (C=O) groups is 1. The molecule has 3 N–H and O–H groups in total. The van der Waals surface area contributed by atoms with E-state index < -0.39 is 6.04 Å². The highest BCUT2D eigenvalue weighted by atomic mass is 16.5. The fraction of sp³-hybridized carbons (Fsp3) is 0.241. The van der Waals surface area contributed by atoms with E-state index in [4.69, 9.17) is 9.47 Å². The van der Waals surface area contributed by atoms with Crippen molar-refractivity contribution in [1.82, 2.24) is 15.1 Å². The van der Waals surface area contributed by atoms with Gasteiger partial charge in [0.25, 0.3) is 5.91 Å². The topological polar surface area (TPSA) is 108 Å². The number of benzene rings is 3. The normalized spacial score (nSPS) is 14.6. The van der Waals surface area contributed by atoms with Crippen LogP contribution in [-0.4, -0.2) is 44.9 Å². The standard InChI is InChI=1S/C29H29N3O5/c1-5-37-23-14-19(8-11-22(23)33)27-24-25(21-13-16(2)12-17(3)28(21)34)30-31-26(24)29(35)32(27)15-18-6-9-20(36-4)10-7-18/h6-14,27,33-34H,5,15H2,1-4H3,(H,30,31). The molecule has 2 heterocycles. The third-order valence-corrected chi connectivity index (χ3v) is 6.68. The molecule has 5 rings (SSSR count). The fourth-order valence-electron chi connectivity index (χ4n) is 4.95. The first-order valence-electron chi connectivity index (χ1n) is 12.1. The molecule has 0 saturated heterocycles. The number of aryl methyl sites for hydroxylation is 2. The van der Waals surface area contributed by atoms with E-state index in [0.717, 1.165) is 28.0 Å². The van der Waals surface area contributed by atoms with E-state index in [2.05, 4.69) is 10.2 Å². The number of carbonyl (C=O) groups excluding carboxylic acids is 1. The number of aromatic hydroxyl groups is 2. The Kier molecular flexibility index (Phi) is 6.25. The molecule has 0 radical (unpaired) electrons. The van der Waals surface area contributed by atoms with Crippen molar-refractivity contribution in [2.45, 2.75) is 33.4 Å². The number of ether oxygens (including phenoxy) is 2. The Morgan fingerprint density at radius 3 is 2.51 bits per heavy atom. The third-order valence-electron chi connectivity index (χ3n) is 6.68. The SMILES string of the molecule is CCOc1cc(C2c3c(-c4cc(C)cc(C)c4O)n[nH]c3C(=O)N2Cc2ccc(OC)cc2)ccc1O. The van der Waals surface area contributed by atoms with Crippen molar-refractivity contribution in [1.29, 1.82) is 0 Å². The van der Waals surface area contributed by atoms with Gasteiger partial charge in [-0.2, -0.15) is 5.10 Å². The Hall–Kier alpha value is -4.46. The van der Waals surface area contributed by atoms with Gasteiger partial charge in [-0.1, -0.05) is 24.3 Å². The first-order chi connectivity index (χ1) is 17.8. The van der Waals surface area contributed by atoms with Gasteiger partial charge in [0.05, 0.1) is 19.8 Å². The predicted molar refractivity (Wildman–Crippen MR) is 139 cm³/mol. The number of hydrogen-bond acceptors (Lipinski definition) is 6. The molecule has 37 heavy (non-hydrogen) atoms. The smallest absolute Gasteiger partial charge is 0.273 e. The maximum Gasteiger partial charge on any atom is 0.273 e. The van der Waals surface area contributed by atoms with Gasteiger partial charge in [-0.15, -0.1) is 0 Å². The van der Waals surface area contributed by atoms with Crippen molar-refractivity contribution >= 4 is 5.91 Å². The van der Waals surface area contributed by atoms with E-state index in [9.17, 15) is 15.0 Å². The minimum Gasteiger partial charge on any atom is -0.507 e. The zero-order valence-corrected chi connectivity index (χ0v) is 21.2. The van der Waals surface area contributed by atoms with Crippen LogP contribution in [0.5, 0.6) is 23.0 Å². The number of phenolic OH excluding ortho intramolecular Hbond substituents is 2. The lowest BCUT2D eigenvalue weighted by Crippen LogP contribution is -2.29. The molecule has 1 aliphatic heterocycles. The number of nitrogens with one attached hydrogen (secondary N) is 1. The Morgan fingerprint density at radius 1 is 1.05 bits per heavy atom. The molecule has 0 spiro atoms. The summed E-state index contributed by atoms with van der Waals surface area (Å²) in [5.41, 5.74) is 5.51. The van der Waals surface area contributed by atoms with Crippen molar-refractivity contribution in [2.24, 2.45) is 0 Å². The highest BCUT2D eigenvalue weighted by Crippen LogP contribution is 2.47. The van der Waals surface area contributed by atoms with Crippen molar-refractivity contribution in [3.05, 3.63) is 88.1 Å². The summed E-state index contributed by atoms with van der Waals surface area (Å²) in [5.74, 6) is 1.01. The van der Waals surface area contributed by atoms with Crippen LogP contribution in [0.1, 0.15) is 51.3 Å². The number of phenols is 2. The molecular formula is C29H29N3O5. The van der Waals surface area contributed by atoms with Crippen LogP contribution in [0.3, 0.4) is 0 Å². The molecular weight excluding hydrogens is 470 g/mol. The second-order valence-corrected chi connectivity index (χ2v) is 9.18. The molecule has 1 amide bonds. The van der Waals surface area contributed by atoms with Crippen LogP contribution < -0.4 is 9.47 Å². The molecule has 0 bridgehead atoms. The molecule has 1 unspecified atom stereocenters. The molecule has 190 valence electrons. The van der Waals surface area contributed by atoms with Crippen molar-refractivity contribution < 1.29 is 24.5 Å². The van der Waals surface area contributed by atoms with Gasteiger partial charge in [0, 0.05) is 17.7 Å². The minimum absolute atomic E-state index is 0.0243. The summed E-state index contributed by atoms with van der Waals surface area (Å²) in [6.07, 6.45) is 0.